The molecule has 0 aliphatic heterocycles. The lowest BCUT2D eigenvalue weighted by molar-refractivity contribution is 0.00721. The monoisotopic (exact) mass is 289 g/mol. The summed E-state index contributed by atoms with van der Waals surface area (Å²) in [5, 5.41) is 9.52. The number of benzene rings is 1. The number of aromatic nitrogens is 2. The zero-order valence-electron chi connectivity index (χ0n) is 13.8. The molecule has 0 radical (unpaired) electrons. The first-order chi connectivity index (χ1) is 9.96. The third-order valence-corrected chi connectivity index (χ3v) is 4.06. The van der Waals surface area contributed by atoms with E-state index in [2.05, 4.69) is 50.4 Å². The fraction of sp³-hybridized carbons (Fsp3) is 0.588. The van der Waals surface area contributed by atoms with Crippen LogP contribution in [0.5, 0.6) is 0 Å². The molecule has 0 spiro atoms. The molecule has 0 saturated carbocycles. The third-order valence-electron chi connectivity index (χ3n) is 4.06. The van der Waals surface area contributed by atoms with Crippen LogP contribution in [0.25, 0.3) is 10.9 Å². The molecule has 4 heteroatoms. The number of fused-ring (bicyclic) bond motifs is 1. The van der Waals surface area contributed by atoms with Gasteiger partial charge >= 0.3 is 0 Å². The van der Waals surface area contributed by atoms with Crippen molar-refractivity contribution in [3.8, 4) is 0 Å². The van der Waals surface area contributed by atoms with Crippen LogP contribution >= 0.6 is 0 Å². The van der Waals surface area contributed by atoms with Crippen molar-refractivity contribution >= 4 is 10.9 Å². The number of likely N-dealkylation sites (N-methyl/N-ethyl adjacent to an activating group) is 1. The highest BCUT2D eigenvalue weighted by molar-refractivity contribution is 5.81. The summed E-state index contributed by atoms with van der Waals surface area (Å²) >= 11 is 0. The van der Waals surface area contributed by atoms with Crippen LogP contribution in [0.4, 0.5) is 0 Å². The van der Waals surface area contributed by atoms with E-state index in [0.29, 0.717) is 6.04 Å². The largest absolute Gasteiger partial charge is 0.379 e. The summed E-state index contributed by atoms with van der Waals surface area (Å²) in [6.45, 7) is 7.36. The SMILES string of the molecule is CCNC(Cc1nn(C)c2ccccc12)CC(C)(C)OC. The molecule has 0 aliphatic rings. The number of rotatable bonds is 7. The van der Waals surface area contributed by atoms with Crippen LogP contribution in [0.15, 0.2) is 24.3 Å². The summed E-state index contributed by atoms with van der Waals surface area (Å²) in [4.78, 5) is 0. The van der Waals surface area contributed by atoms with E-state index in [1.807, 2.05) is 11.7 Å². The van der Waals surface area contributed by atoms with E-state index in [1.165, 1.54) is 10.9 Å². The molecule has 0 aliphatic carbocycles. The molecular weight excluding hydrogens is 262 g/mol. The lowest BCUT2D eigenvalue weighted by Gasteiger charge is -2.28. The van der Waals surface area contributed by atoms with Crippen molar-refractivity contribution < 1.29 is 4.74 Å². The van der Waals surface area contributed by atoms with Crippen molar-refractivity contribution in [3.05, 3.63) is 30.0 Å². The molecule has 2 rings (SSSR count). The molecule has 21 heavy (non-hydrogen) atoms. The van der Waals surface area contributed by atoms with E-state index in [-0.39, 0.29) is 5.60 Å². The van der Waals surface area contributed by atoms with Crippen molar-refractivity contribution in [3.63, 3.8) is 0 Å². The van der Waals surface area contributed by atoms with Crippen LogP contribution in [-0.2, 0) is 18.2 Å². The van der Waals surface area contributed by atoms with Gasteiger partial charge in [0.25, 0.3) is 0 Å². The molecule has 1 atom stereocenters. The van der Waals surface area contributed by atoms with Gasteiger partial charge in [-0.25, -0.2) is 0 Å². The fourth-order valence-electron chi connectivity index (χ4n) is 2.85. The molecular formula is C17H27N3O. The predicted octanol–water partition coefficient (Wildman–Crippen LogP) is 2.91. The Balaban J connectivity index is 2.23. The number of hydrogen-bond acceptors (Lipinski definition) is 3. The molecule has 1 unspecified atom stereocenters. The molecule has 1 aromatic heterocycles. The number of nitrogens with zero attached hydrogens (tertiary/aromatic N) is 2. The maximum atomic E-state index is 5.58. The first kappa shape index (κ1) is 16.0. The highest BCUT2D eigenvalue weighted by Crippen LogP contribution is 2.22. The van der Waals surface area contributed by atoms with Gasteiger partial charge in [0.2, 0.25) is 0 Å². The van der Waals surface area contributed by atoms with Gasteiger partial charge in [-0.05, 0) is 32.9 Å². The number of para-hydroxylation sites is 1. The van der Waals surface area contributed by atoms with Crippen LogP contribution in [0, 0.1) is 0 Å². The molecule has 0 fully saturated rings. The Morgan fingerprint density at radius 2 is 2.05 bits per heavy atom. The lowest BCUT2D eigenvalue weighted by atomic mass is 9.95. The van der Waals surface area contributed by atoms with Crippen LogP contribution in [0.2, 0.25) is 0 Å². The molecule has 0 amide bonds. The highest BCUT2D eigenvalue weighted by Gasteiger charge is 2.24. The minimum atomic E-state index is -0.128. The first-order valence-electron chi connectivity index (χ1n) is 7.66. The third kappa shape index (κ3) is 3.83. The van der Waals surface area contributed by atoms with Gasteiger partial charge in [-0.3, -0.25) is 4.68 Å². The van der Waals surface area contributed by atoms with E-state index in [1.54, 1.807) is 7.11 Å². The number of methoxy groups -OCH3 is 1. The Labute approximate surface area is 127 Å². The molecule has 116 valence electrons. The molecule has 1 aromatic carbocycles. The summed E-state index contributed by atoms with van der Waals surface area (Å²) in [6, 6.07) is 8.77. The van der Waals surface area contributed by atoms with Gasteiger partial charge in [0.1, 0.15) is 0 Å². The lowest BCUT2D eigenvalue weighted by Crippen LogP contribution is -2.39. The Kier molecular flexibility index (Phi) is 5.01. The van der Waals surface area contributed by atoms with Crippen LogP contribution in [0.3, 0.4) is 0 Å². The van der Waals surface area contributed by atoms with Gasteiger partial charge in [0.15, 0.2) is 0 Å². The zero-order valence-corrected chi connectivity index (χ0v) is 13.8. The summed E-state index contributed by atoms with van der Waals surface area (Å²) in [6.07, 6.45) is 1.88. The minimum Gasteiger partial charge on any atom is -0.379 e. The first-order valence-corrected chi connectivity index (χ1v) is 7.66. The van der Waals surface area contributed by atoms with E-state index < -0.39 is 0 Å². The van der Waals surface area contributed by atoms with Crippen LogP contribution in [0.1, 0.15) is 32.9 Å². The standard InChI is InChI=1S/C17H27N3O/c1-6-18-13(12-17(2,3)21-5)11-15-14-9-7-8-10-16(14)20(4)19-15/h7-10,13,18H,6,11-12H2,1-5H3. The number of nitrogens with one attached hydrogen (secondary N) is 1. The second kappa shape index (κ2) is 6.58. The van der Waals surface area contributed by atoms with Gasteiger partial charge in [-0.2, -0.15) is 5.10 Å². The summed E-state index contributed by atoms with van der Waals surface area (Å²) in [7, 11) is 3.78. The Bertz CT molecular complexity index is 589. The number of aryl methyl sites for hydroxylation is 1. The fourth-order valence-corrected chi connectivity index (χ4v) is 2.85. The van der Waals surface area contributed by atoms with Crippen molar-refractivity contribution in [2.75, 3.05) is 13.7 Å². The molecule has 4 nitrogen and oxygen atoms in total. The van der Waals surface area contributed by atoms with Crippen molar-refractivity contribution in [2.24, 2.45) is 7.05 Å². The second-order valence-electron chi connectivity index (χ2n) is 6.21. The van der Waals surface area contributed by atoms with Crippen molar-refractivity contribution in [1.82, 2.24) is 15.1 Å². The summed E-state index contributed by atoms with van der Waals surface area (Å²) < 4.78 is 7.55. The smallest absolute Gasteiger partial charge is 0.0718 e. The Morgan fingerprint density at radius 3 is 2.71 bits per heavy atom. The second-order valence-corrected chi connectivity index (χ2v) is 6.21. The van der Waals surface area contributed by atoms with E-state index >= 15 is 0 Å². The minimum absolute atomic E-state index is 0.128. The Hall–Kier alpha value is -1.39. The van der Waals surface area contributed by atoms with Crippen LogP contribution in [-0.4, -0.2) is 35.1 Å². The highest BCUT2D eigenvalue weighted by atomic mass is 16.5. The molecule has 1 N–H and O–H groups in total. The number of ether oxygens (including phenoxy) is 1. The van der Waals surface area contributed by atoms with Gasteiger partial charge in [0, 0.05) is 32.0 Å². The summed E-state index contributed by atoms with van der Waals surface area (Å²) in [5.74, 6) is 0. The quantitative estimate of drug-likeness (QED) is 0.852. The van der Waals surface area contributed by atoms with Crippen molar-refractivity contribution in [1.29, 1.82) is 0 Å². The normalized spacial score (nSPS) is 13.8. The van der Waals surface area contributed by atoms with Crippen molar-refractivity contribution in [2.45, 2.75) is 45.3 Å². The molecule has 0 bridgehead atoms. The number of hydrogen-bond donors (Lipinski definition) is 1. The van der Waals surface area contributed by atoms with Gasteiger partial charge < -0.3 is 10.1 Å². The van der Waals surface area contributed by atoms with E-state index in [4.69, 9.17) is 9.84 Å². The average Bonchev–Trinajstić information content (AvgIpc) is 2.76. The van der Waals surface area contributed by atoms with E-state index in [9.17, 15) is 0 Å². The molecule has 2 aromatic rings. The maximum Gasteiger partial charge on any atom is 0.0718 e. The maximum absolute atomic E-state index is 5.58. The van der Waals surface area contributed by atoms with Gasteiger partial charge in [-0.1, -0.05) is 25.1 Å². The van der Waals surface area contributed by atoms with Gasteiger partial charge in [-0.15, -0.1) is 0 Å². The molecule has 1 heterocycles. The Morgan fingerprint density at radius 1 is 1.33 bits per heavy atom. The van der Waals surface area contributed by atoms with E-state index in [0.717, 1.165) is 25.1 Å². The summed E-state index contributed by atoms with van der Waals surface area (Å²) in [5.41, 5.74) is 2.22. The topological polar surface area (TPSA) is 39.1 Å². The predicted molar refractivity (Wildman–Crippen MR) is 87.6 cm³/mol. The molecule has 0 saturated heterocycles. The van der Waals surface area contributed by atoms with Crippen LogP contribution < -0.4 is 5.32 Å². The average molecular weight is 289 g/mol. The van der Waals surface area contributed by atoms with Gasteiger partial charge in [0.05, 0.1) is 16.8 Å². The zero-order chi connectivity index (χ0) is 15.5.